The number of anilines is 1. The molecule has 1 N–H and O–H groups in total. The zero-order chi connectivity index (χ0) is 22.7. The molecule has 3 aromatic carbocycles. The molecule has 0 radical (unpaired) electrons. The Bertz CT molecular complexity index is 1320. The van der Waals surface area contributed by atoms with Crippen LogP contribution in [0.15, 0.2) is 65.6 Å². The van der Waals surface area contributed by atoms with Gasteiger partial charge in [-0.05, 0) is 59.7 Å². The first-order valence-corrected chi connectivity index (χ1v) is 11.5. The van der Waals surface area contributed by atoms with Crippen LogP contribution in [0.4, 0.5) is 5.69 Å². The number of Topliss-reactive ketones (excluding diaryl/α,β-unsaturated/α-hetero) is 1. The third-order valence-electron chi connectivity index (χ3n) is 4.82. The summed E-state index contributed by atoms with van der Waals surface area (Å²) in [4.78, 5) is 13.2. The van der Waals surface area contributed by atoms with Crippen molar-refractivity contribution >= 4 is 51.7 Å². The van der Waals surface area contributed by atoms with Gasteiger partial charge in [0, 0.05) is 17.5 Å². The molecule has 32 heavy (non-hydrogen) atoms. The van der Waals surface area contributed by atoms with E-state index in [9.17, 15) is 9.00 Å². The van der Waals surface area contributed by atoms with Gasteiger partial charge >= 0.3 is 0 Å². The van der Waals surface area contributed by atoms with Gasteiger partial charge in [0.25, 0.3) is 0 Å². The van der Waals surface area contributed by atoms with Crippen molar-refractivity contribution in [3.63, 3.8) is 0 Å². The quantitative estimate of drug-likeness (QED) is 0.373. The van der Waals surface area contributed by atoms with Gasteiger partial charge in [-0.1, -0.05) is 53.2 Å². The number of nitrogens with one attached hydrogen (secondary N) is 1. The fourth-order valence-electron chi connectivity index (χ4n) is 3.13. The van der Waals surface area contributed by atoms with Gasteiger partial charge in [0.05, 0.1) is 22.8 Å². The van der Waals surface area contributed by atoms with Crippen molar-refractivity contribution in [2.45, 2.75) is 6.42 Å². The largest absolute Gasteiger partial charge is 0.497 e. The van der Waals surface area contributed by atoms with E-state index in [1.807, 2.05) is 24.3 Å². The number of carbonyl (C=O) groups excluding carboxylic acids is 1. The molecule has 1 heterocycles. The molecule has 1 atom stereocenters. The minimum atomic E-state index is -1.68. The van der Waals surface area contributed by atoms with Crippen molar-refractivity contribution in [2.24, 2.45) is 0 Å². The van der Waals surface area contributed by atoms with Gasteiger partial charge in [-0.2, -0.15) is 0 Å². The van der Waals surface area contributed by atoms with Crippen molar-refractivity contribution in [3.05, 3.63) is 97.9 Å². The molecule has 3 aromatic rings. The first kappa shape index (κ1) is 22.2. The smallest absolute Gasteiger partial charge is 0.205 e. The van der Waals surface area contributed by atoms with E-state index >= 15 is 0 Å². The van der Waals surface area contributed by atoms with Gasteiger partial charge in [-0.15, -0.1) is 0 Å². The van der Waals surface area contributed by atoms with Gasteiger partial charge in [0.15, 0.2) is 11.0 Å². The minimum Gasteiger partial charge on any atom is -0.497 e. The van der Waals surface area contributed by atoms with E-state index in [1.165, 1.54) is 0 Å². The monoisotopic (exact) mass is 481 g/mol. The van der Waals surface area contributed by atoms with Crippen LogP contribution in [-0.4, -0.2) is 17.1 Å². The summed E-state index contributed by atoms with van der Waals surface area (Å²) in [7, 11) is -0.0556. The summed E-state index contributed by atoms with van der Waals surface area (Å²) in [6.45, 7) is 0. The molecule has 1 aliphatic heterocycles. The number of fused-ring (bicyclic) bond motifs is 1. The zero-order valence-electron chi connectivity index (χ0n) is 16.9. The normalized spacial score (nSPS) is 16.0. The topological polar surface area (TPSA) is 55.4 Å². The molecule has 0 amide bonds. The second-order valence-corrected chi connectivity index (χ2v) is 8.96. The highest BCUT2D eigenvalue weighted by molar-refractivity contribution is 7.91. The first-order valence-electron chi connectivity index (χ1n) is 9.60. The van der Waals surface area contributed by atoms with Gasteiger partial charge in [-0.3, -0.25) is 4.79 Å². The Hall–Kier alpha value is -3.04. The zero-order valence-corrected chi connectivity index (χ0v) is 19.3. The van der Waals surface area contributed by atoms with Crippen LogP contribution in [0.2, 0.25) is 10.0 Å². The maximum atomic E-state index is 13.1. The van der Waals surface area contributed by atoms with Crippen molar-refractivity contribution in [1.29, 1.82) is 0 Å². The van der Waals surface area contributed by atoms with Gasteiger partial charge < -0.3 is 9.46 Å². The summed E-state index contributed by atoms with van der Waals surface area (Å²) < 4.78 is 20.6. The fourth-order valence-corrected chi connectivity index (χ4v) is 4.45. The lowest BCUT2D eigenvalue weighted by atomic mass is 10.0. The molecule has 4 rings (SSSR count). The van der Waals surface area contributed by atoms with Crippen LogP contribution in [0.1, 0.15) is 27.0 Å². The first-order chi connectivity index (χ1) is 15.4. The molecule has 7 heteroatoms. The van der Waals surface area contributed by atoms with Crippen LogP contribution in [0.5, 0.6) is 5.75 Å². The van der Waals surface area contributed by atoms with Gasteiger partial charge in [0.2, 0.25) is 5.78 Å². The lowest BCUT2D eigenvalue weighted by Crippen LogP contribution is -2.22. The standard InChI is InChI=1S/C25H17Cl2NO3S/c1-31-19-9-5-16(6-10-19)3-2-4-17-8-12-23-20(13-17)25(29)24(32(30)28-23)15-18-7-11-21(26)22(27)14-18/h5-15,28H,3H2,1H3/b24-15+. The van der Waals surface area contributed by atoms with E-state index in [4.69, 9.17) is 27.9 Å². The van der Waals surface area contributed by atoms with E-state index in [0.717, 1.165) is 11.3 Å². The summed E-state index contributed by atoms with van der Waals surface area (Å²) in [6.07, 6.45) is 2.12. The molecule has 0 aromatic heterocycles. The third-order valence-corrected chi connectivity index (χ3v) is 6.66. The number of hydrogen-bond acceptors (Lipinski definition) is 3. The van der Waals surface area contributed by atoms with E-state index in [1.54, 1.807) is 49.6 Å². The number of carbonyl (C=O) groups is 1. The van der Waals surface area contributed by atoms with Crippen LogP contribution < -0.4 is 9.46 Å². The second kappa shape index (κ2) is 9.62. The number of rotatable bonds is 3. The van der Waals surface area contributed by atoms with Crippen LogP contribution in [0.3, 0.4) is 0 Å². The lowest BCUT2D eigenvalue weighted by molar-refractivity contribution is 0.104. The molecule has 0 fully saturated rings. The summed E-state index contributed by atoms with van der Waals surface area (Å²) in [5, 5.41) is 0.768. The molecule has 0 saturated carbocycles. The number of ketones is 1. The van der Waals surface area contributed by atoms with Crippen LogP contribution in [-0.2, 0) is 17.4 Å². The molecule has 0 spiro atoms. The Morgan fingerprint density at radius 2 is 1.81 bits per heavy atom. The fraction of sp³-hybridized carbons (Fsp3) is 0.0800. The van der Waals surface area contributed by atoms with Crippen LogP contribution >= 0.6 is 23.2 Å². The second-order valence-electron chi connectivity index (χ2n) is 6.97. The predicted molar refractivity (Wildman–Crippen MR) is 131 cm³/mol. The van der Waals surface area contributed by atoms with Crippen molar-refractivity contribution in [1.82, 2.24) is 0 Å². The van der Waals surface area contributed by atoms with Crippen molar-refractivity contribution < 1.29 is 13.7 Å². The number of ether oxygens (including phenoxy) is 1. The Morgan fingerprint density at radius 1 is 1.03 bits per heavy atom. The number of hydrogen-bond donors (Lipinski definition) is 1. The summed E-state index contributed by atoms with van der Waals surface area (Å²) in [6, 6.07) is 17.9. The highest BCUT2D eigenvalue weighted by Crippen LogP contribution is 2.30. The van der Waals surface area contributed by atoms with E-state index in [2.05, 4.69) is 16.6 Å². The van der Waals surface area contributed by atoms with Crippen molar-refractivity contribution in [2.75, 3.05) is 11.8 Å². The highest BCUT2D eigenvalue weighted by Gasteiger charge is 2.27. The van der Waals surface area contributed by atoms with E-state index in [0.29, 0.717) is 38.8 Å². The SMILES string of the molecule is COc1ccc(CC#Cc2ccc3c(c2)C(=O)/C(=C\c2ccc(Cl)c(Cl)c2)S(=O)N3)cc1. The lowest BCUT2D eigenvalue weighted by Gasteiger charge is -2.19. The molecule has 160 valence electrons. The number of allylic oxidation sites excluding steroid dienone is 1. The van der Waals surface area contributed by atoms with Gasteiger partial charge in [0.1, 0.15) is 10.7 Å². The minimum absolute atomic E-state index is 0.138. The average Bonchev–Trinajstić information content (AvgIpc) is 2.80. The average molecular weight is 482 g/mol. The Balaban J connectivity index is 1.58. The number of methoxy groups -OCH3 is 1. The summed E-state index contributed by atoms with van der Waals surface area (Å²) in [5.74, 6) is 6.70. The Kier molecular flexibility index (Phi) is 6.66. The maximum absolute atomic E-state index is 13.1. The third kappa shape index (κ3) is 4.89. The number of benzene rings is 3. The van der Waals surface area contributed by atoms with E-state index in [-0.39, 0.29) is 10.7 Å². The molecular weight excluding hydrogens is 465 g/mol. The molecule has 1 unspecified atom stereocenters. The molecule has 4 nitrogen and oxygen atoms in total. The Labute approximate surface area is 198 Å². The Morgan fingerprint density at radius 3 is 2.53 bits per heavy atom. The van der Waals surface area contributed by atoms with E-state index < -0.39 is 11.0 Å². The molecule has 0 bridgehead atoms. The summed E-state index contributed by atoms with van der Waals surface area (Å²) in [5.41, 5.74) is 3.34. The highest BCUT2D eigenvalue weighted by atomic mass is 35.5. The van der Waals surface area contributed by atoms with Crippen LogP contribution in [0.25, 0.3) is 6.08 Å². The maximum Gasteiger partial charge on any atom is 0.205 e. The van der Waals surface area contributed by atoms with Crippen LogP contribution in [0, 0.1) is 11.8 Å². The summed E-state index contributed by atoms with van der Waals surface area (Å²) >= 11 is 12.0. The van der Waals surface area contributed by atoms with Crippen molar-refractivity contribution in [3.8, 4) is 17.6 Å². The molecule has 1 aliphatic rings. The number of halogens is 2. The molecule has 0 saturated heterocycles. The predicted octanol–water partition coefficient (Wildman–Crippen LogP) is 5.91. The molecular formula is C25H17Cl2NO3S. The molecule has 0 aliphatic carbocycles. The van der Waals surface area contributed by atoms with Gasteiger partial charge in [-0.25, -0.2) is 4.21 Å².